The highest BCUT2D eigenvalue weighted by Crippen LogP contribution is 2.34. The zero-order chi connectivity index (χ0) is 13.1. The highest BCUT2D eigenvalue weighted by molar-refractivity contribution is 5.54. The predicted molar refractivity (Wildman–Crippen MR) is 61.8 cm³/mol. The van der Waals surface area contributed by atoms with Gasteiger partial charge in [-0.1, -0.05) is 0 Å². The Balaban J connectivity index is 2.18. The zero-order valence-electron chi connectivity index (χ0n) is 9.57. The lowest BCUT2D eigenvalue weighted by atomic mass is 9.82. The molecule has 0 radical (unpaired) electrons. The average Bonchev–Trinajstić information content (AvgIpc) is 2.32. The zero-order valence-corrected chi connectivity index (χ0v) is 9.57. The molecule has 1 aliphatic rings. The van der Waals surface area contributed by atoms with Crippen LogP contribution in [0.3, 0.4) is 0 Å². The lowest BCUT2D eigenvalue weighted by Gasteiger charge is -2.33. The van der Waals surface area contributed by atoms with Gasteiger partial charge in [-0.3, -0.25) is 10.1 Å². The van der Waals surface area contributed by atoms with Crippen LogP contribution >= 0.6 is 0 Å². The molecule has 1 heterocycles. The van der Waals surface area contributed by atoms with Crippen molar-refractivity contribution in [2.24, 2.45) is 11.7 Å². The standard InChI is InChI=1S/C11H12N4O3/c12-5-7-3-9(4-7)18-11-10(15(16)17)8(6-13)1-2-14-11/h1-2,7,9H,3-5,12H2. The third kappa shape index (κ3) is 2.24. The Kier molecular flexibility index (Phi) is 3.39. The van der Waals surface area contributed by atoms with Gasteiger partial charge in [0.25, 0.3) is 5.88 Å². The van der Waals surface area contributed by atoms with Crippen molar-refractivity contribution in [2.45, 2.75) is 18.9 Å². The molecule has 0 atom stereocenters. The first-order valence-corrected chi connectivity index (χ1v) is 5.56. The Morgan fingerprint density at radius 3 is 2.94 bits per heavy atom. The Hall–Kier alpha value is -2.20. The Labute approximate surface area is 103 Å². The van der Waals surface area contributed by atoms with E-state index in [-0.39, 0.29) is 23.2 Å². The molecule has 0 aliphatic heterocycles. The molecule has 2 rings (SSSR count). The minimum atomic E-state index is -0.639. The number of nitrogens with two attached hydrogens (primary N) is 1. The molecule has 0 spiro atoms. The van der Waals surface area contributed by atoms with Gasteiger partial charge < -0.3 is 10.5 Å². The van der Waals surface area contributed by atoms with Crippen molar-refractivity contribution < 1.29 is 9.66 Å². The van der Waals surface area contributed by atoms with Crippen LogP contribution < -0.4 is 10.5 Å². The quantitative estimate of drug-likeness (QED) is 0.627. The molecule has 0 bridgehead atoms. The summed E-state index contributed by atoms with van der Waals surface area (Å²) in [6.45, 7) is 0.591. The third-order valence-corrected chi connectivity index (χ3v) is 3.00. The first kappa shape index (κ1) is 12.3. The molecular formula is C11H12N4O3. The molecule has 1 fully saturated rings. The number of hydrogen-bond acceptors (Lipinski definition) is 6. The van der Waals surface area contributed by atoms with Crippen molar-refractivity contribution in [3.8, 4) is 11.9 Å². The predicted octanol–water partition coefficient (Wildman–Crippen LogP) is 0.978. The summed E-state index contributed by atoms with van der Waals surface area (Å²) in [7, 11) is 0. The van der Waals surface area contributed by atoms with E-state index >= 15 is 0 Å². The van der Waals surface area contributed by atoms with E-state index in [0.29, 0.717) is 12.5 Å². The first-order chi connectivity index (χ1) is 8.65. The van der Waals surface area contributed by atoms with Crippen LogP contribution in [0.25, 0.3) is 0 Å². The fraction of sp³-hybridized carbons (Fsp3) is 0.455. The van der Waals surface area contributed by atoms with E-state index in [0.717, 1.165) is 12.8 Å². The summed E-state index contributed by atoms with van der Waals surface area (Å²) >= 11 is 0. The van der Waals surface area contributed by atoms with Crippen LogP contribution in [0.2, 0.25) is 0 Å². The van der Waals surface area contributed by atoms with Gasteiger partial charge in [-0.2, -0.15) is 5.26 Å². The van der Waals surface area contributed by atoms with Gasteiger partial charge in [0.05, 0.1) is 4.92 Å². The molecule has 7 nitrogen and oxygen atoms in total. The summed E-state index contributed by atoms with van der Waals surface area (Å²) in [4.78, 5) is 14.1. The topological polar surface area (TPSA) is 115 Å². The number of nitriles is 1. The van der Waals surface area contributed by atoms with Crippen molar-refractivity contribution in [3.63, 3.8) is 0 Å². The maximum absolute atomic E-state index is 10.9. The first-order valence-electron chi connectivity index (χ1n) is 5.56. The van der Waals surface area contributed by atoms with Crippen LogP contribution in [0.15, 0.2) is 12.3 Å². The molecule has 2 N–H and O–H groups in total. The Morgan fingerprint density at radius 2 is 2.39 bits per heavy atom. The molecular weight excluding hydrogens is 236 g/mol. The second kappa shape index (κ2) is 4.98. The molecule has 1 saturated carbocycles. The van der Waals surface area contributed by atoms with Crippen LogP contribution in [0.5, 0.6) is 5.88 Å². The Morgan fingerprint density at radius 1 is 1.67 bits per heavy atom. The lowest BCUT2D eigenvalue weighted by Crippen LogP contribution is -2.38. The fourth-order valence-electron chi connectivity index (χ4n) is 1.91. The maximum atomic E-state index is 10.9. The van der Waals surface area contributed by atoms with Gasteiger partial charge in [0, 0.05) is 6.20 Å². The number of ether oxygens (including phenoxy) is 1. The van der Waals surface area contributed by atoms with Crippen LogP contribution in [0.1, 0.15) is 18.4 Å². The van der Waals surface area contributed by atoms with Crippen LogP contribution in [0, 0.1) is 27.4 Å². The lowest BCUT2D eigenvalue weighted by molar-refractivity contribution is -0.386. The van der Waals surface area contributed by atoms with Crippen LogP contribution in [0.4, 0.5) is 5.69 Å². The van der Waals surface area contributed by atoms with Crippen molar-refractivity contribution in [3.05, 3.63) is 27.9 Å². The van der Waals surface area contributed by atoms with Gasteiger partial charge in [0.15, 0.2) is 0 Å². The van der Waals surface area contributed by atoms with Gasteiger partial charge in [-0.05, 0) is 31.4 Å². The highest BCUT2D eigenvalue weighted by atomic mass is 16.6. The van der Waals surface area contributed by atoms with Gasteiger partial charge in [0.1, 0.15) is 17.7 Å². The Bertz CT molecular complexity index is 506. The molecule has 94 valence electrons. The van der Waals surface area contributed by atoms with E-state index in [1.54, 1.807) is 6.07 Å². The largest absolute Gasteiger partial charge is 0.469 e. The summed E-state index contributed by atoms with van der Waals surface area (Å²) in [5.74, 6) is 0.327. The van der Waals surface area contributed by atoms with Gasteiger partial charge in [-0.15, -0.1) is 0 Å². The highest BCUT2D eigenvalue weighted by Gasteiger charge is 2.33. The van der Waals surface area contributed by atoms with Crippen LogP contribution in [-0.4, -0.2) is 22.6 Å². The summed E-state index contributed by atoms with van der Waals surface area (Å²) in [6, 6.07) is 3.06. The van der Waals surface area contributed by atoms with Crippen molar-refractivity contribution in [1.82, 2.24) is 4.98 Å². The number of hydrogen-bond donors (Lipinski definition) is 1. The third-order valence-electron chi connectivity index (χ3n) is 3.00. The molecule has 18 heavy (non-hydrogen) atoms. The van der Waals surface area contributed by atoms with E-state index in [1.807, 2.05) is 0 Å². The minimum Gasteiger partial charge on any atom is -0.469 e. The smallest absolute Gasteiger partial charge is 0.348 e. The van der Waals surface area contributed by atoms with Gasteiger partial charge in [0.2, 0.25) is 0 Å². The monoisotopic (exact) mass is 248 g/mol. The minimum absolute atomic E-state index is 0.0419. The van der Waals surface area contributed by atoms with E-state index < -0.39 is 4.92 Å². The molecule has 0 saturated heterocycles. The molecule has 0 aromatic carbocycles. The average molecular weight is 248 g/mol. The van der Waals surface area contributed by atoms with Crippen molar-refractivity contribution >= 4 is 5.69 Å². The van der Waals surface area contributed by atoms with Crippen molar-refractivity contribution in [1.29, 1.82) is 5.26 Å². The molecule has 0 unspecified atom stereocenters. The van der Waals surface area contributed by atoms with E-state index in [4.69, 9.17) is 15.7 Å². The van der Waals surface area contributed by atoms with Gasteiger partial charge >= 0.3 is 5.69 Å². The number of rotatable bonds is 4. The van der Waals surface area contributed by atoms with Gasteiger partial charge in [-0.25, -0.2) is 4.98 Å². The maximum Gasteiger partial charge on any atom is 0.348 e. The second-order valence-corrected chi connectivity index (χ2v) is 4.19. The summed E-state index contributed by atoms with van der Waals surface area (Å²) in [5.41, 5.74) is 5.08. The SMILES string of the molecule is N#Cc1ccnc(OC2CC(CN)C2)c1[N+](=O)[O-]. The molecule has 1 aromatic rings. The molecule has 1 aliphatic carbocycles. The fourth-order valence-corrected chi connectivity index (χ4v) is 1.91. The van der Waals surface area contributed by atoms with E-state index in [2.05, 4.69) is 4.98 Å². The number of pyridine rings is 1. The summed E-state index contributed by atoms with van der Waals surface area (Å²) in [5, 5.41) is 19.7. The number of nitrogens with zero attached hydrogens (tertiary/aromatic N) is 3. The van der Waals surface area contributed by atoms with Crippen LogP contribution in [-0.2, 0) is 0 Å². The van der Waals surface area contributed by atoms with Crippen molar-refractivity contribution in [2.75, 3.05) is 6.54 Å². The molecule has 1 aromatic heterocycles. The van der Waals surface area contributed by atoms with E-state index in [9.17, 15) is 10.1 Å². The second-order valence-electron chi connectivity index (χ2n) is 4.19. The summed E-state index contributed by atoms with van der Waals surface area (Å²) < 4.78 is 5.46. The normalized spacial score (nSPS) is 21.8. The molecule has 0 amide bonds. The number of nitro groups is 1. The summed E-state index contributed by atoms with van der Waals surface area (Å²) in [6.07, 6.45) is 2.77. The number of aromatic nitrogens is 1. The molecule has 7 heteroatoms. The van der Waals surface area contributed by atoms with E-state index in [1.165, 1.54) is 12.3 Å².